The summed E-state index contributed by atoms with van der Waals surface area (Å²) in [7, 11) is 1.23. The number of fused-ring (bicyclic) bond motifs is 3. The van der Waals surface area contributed by atoms with Gasteiger partial charge in [-0.1, -0.05) is 29.8 Å². The lowest BCUT2D eigenvalue weighted by Gasteiger charge is -2.24. The Morgan fingerprint density at radius 3 is 2.76 bits per heavy atom. The van der Waals surface area contributed by atoms with Crippen LogP contribution in [0.1, 0.15) is 28.0 Å². The Balaban J connectivity index is 1.14. The molecule has 4 heterocycles. The largest absolute Gasteiger partial charge is 0.464 e. The van der Waals surface area contributed by atoms with Crippen molar-refractivity contribution in [2.45, 2.75) is 38.4 Å². The fourth-order valence-electron chi connectivity index (χ4n) is 5.98. The molecule has 5 aromatic rings. The zero-order valence-corrected chi connectivity index (χ0v) is 24.5. The number of benzene rings is 3. The number of aromatic amines is 1. The van der Waals surface area contributed by atoms with Crippen LogP contribution < -0.4 is 5.32 Å². The quantitative estimate of drug-likeness (QED) is 0.257. The second-order valence-electron chi connectivity index (χ2n) is 10.9. The van der Waals surface area contributed by atoms with Gasteiger partial charge in [-0.15, -0.1) is 0 Å². The molecule has 3 aromatic carbocycles. The number of nitrogens with zero attached hydrogens (tertiary/aromatic N) is 4. The SMILES string of the molecule is COC(=O)c1nn(CC(=O)N2C[C@H](F)C[C@H]2C(=O)Nc2cccc(-c3ccc4[nH]cnc4c3Cl)c2F)c2cc3c(cc12)COC3. The van der Waals surface area contributed by atoms with Crippen molar-refractivity contribution in [2.24, 2.45) is 0 Å². The molecule has 0 spiro atoms. The van der Waals surface area contributed by atoms with Crippen molar-refractivity contribution in [1.29, 1.82) is 0 Å². The van der Waals surface area contributed by atoms with Gasteiger partial charge in [0, 0.05) is 22.9 Å². The Kier molecular flexibility index (Phi) is 7.21. The molecule has 2 aliphatic rings. The van der Waals surface area contributed by atoms with Crippen LogP contribution in [0.4, 0.5) is 14.5 Å². The van der Waals surface area contributed by atoms with Crippen molar-refractivity contribution in [2.75, 3.05) is 19.0 Å². The van der Waals surface area contributed by atoms with Gasteiger partial charge < -0.3 is 24.7 Å². The van der Waals surface area contributed by atoms with E-state index in [1.807, 2.05) is 0 Å². The Hall–Kier alpha value is -4.88. The first-order valence-corrected chi connectivity index (χ1v) is 14.4. The maximum Gasteiger partial charge on any atom is 0.359 e. The first kappa shape index (κ1) is 28.9. The number of imidazole rings is 1. The highest BCUT2D eigenvalue weighted by atomic mass is 35.5. The number of esters is 1. The molecule has 2 N–H and O–H groups in total. The molecule has 2 aromatic heterocycles. The fourth-order valence-corrected chi connectivity index (χ4v) is 6.29. The number of nitrogens with one attached hydrogen (secondary N) is 2. The van der Waals surface area contributed by atoms with E-state index in [1.54, 1.807) is 30.3 Å². The van der Waals surface area contributed by atoms with E-state index in [1.165, 1.54) is 30.3 Å². The van der Waals surface area contributed by atoms with Crippen LogP contribution in [-0.2, 0) is 38.8 Å². The number of hydrogen-bond acceptors (Lipinski definition) is 7. The van der Waals surface area contributed by atoms with Crippen molar-refractivity contribution in [1.82, 2.24) is 24.6 Å². The second kappa shape index (κ2) is 11.2. The summed E-state index contributed by atoms with van der Waals surface area (Å²) in [6, 6.07) is 10.2. The van der Waals surface area contributed by atoms with Crippen molar-refractivity contribution in [3.8, 4) is 11.1 Å². The van der Waals surface area contributed by atoms with Crippen LogP contribution in [0.3, 0.4) is 0 Å². The summed E-state index contributed by atoms with van der Waals surface area (Å²) < 4.78 is 42.2. The lowest BCUT2D eigenvalue weighted by molar-refractivity contribution is -0.137. The van der Waals surface area contributed by atoms with E-state index in [4.69, 9.17) is 21.1 Å². The van der Waals surface area contributed by atoms with Gasteiger partial charge in [0.25, 0.3) is 0 Å². The highest BCUT2D eigenvalue weighted by Crippen LogP contribution is 2.36. The smallest absolute Gasteiger partial charge is 0.359 e. The van der Waals surface area contributed by atoms with Crippen molar-refractivity contribution >= 4 is 57.0 Å². The second-order valence-corrected chi connectivity index (χ2v) is 11.3. The third-order valence-electron chi connectivity index (χ3n) is 8.20. The molecule has 2 amide bonds. The van der Waals surface area contributed by atoms with Crippen LogP contribution in [-0.4, -0.2) is 68.3 Å². The number of likely N-dealkylation sites (tertiary alicyclic amines) is 1. The topological polar surface area (TPSA) is 131 Å². The van der Waals surface area contributed by atoms with Gasteiger partial charge in [0.15, 0.2) is 11.5 Å². The summed E-state index contributed by atoms with van der Waals surface area (Å²) in [5, 5.41) is 7.59. The van der Waals surface area contributed by atoms with Crippen molar-refractivity contribution < 1.29 is 32.6 Å². The third kappa shape index (κ3) is 4.97. The molecule has 0 radical (unpaired) electrons. The summed E-state index contributed by atoms with van der Waals surface area (Å²) in [6.45, 7) is 0.0540. The van der Waals surface area contributed by atoms with Gasteiger partial charge in [-0.05, 0) is 35.4 Å². The maximum atomic E-state index is 15.8. The Labute approximate surface area is 259 Å². The van der Waals surface area contributed by atoms with E-state index in [0.29, 0.717) is 40.7 Å². The molecule has 14 heteroatoms. The van der Waals surface area contributed by atoms with Gasteiger partial charge >= 0.3 is 5.97 Å². The maximum absolute atomic E-state index is 15.8. The van der Waals surface area contributed by atoms with Crippen LogP contribution in [0.5, 0.6) is 0 Å². The lowest BCUT2D eigenvalue weighted by atomic mass is 10.0. The number of hydrogen-bond donors (Lipinski definition) is 2. The van der Waals surface area contributed by atoms with Gasteiger partial charge in [-0.25, -0.2) is 18.6 Å². The summed E-state index contributed by atoms with van der Waals surface area (Å²) in [5.74, 6) is -2.77. The molecule has 1 fully saturated rings. The molecular formula is C31H25ClF2N6O5. The van der Waals surface area contributed by atoms with Gasteiger partial charge in [0.05, 0.1) is 54.9 Å². The summed E-state index contributed by atoms with van der Waals surface area (Å²) in [5.41, 5.74) is 3.82. The minimum atomic E-state index is -1.47. The fraction of sp³-hybridized carbons (Fsp3) is 0.258. The lowest BCUT2D eigenvalue weighted by Crippen LogP contribution is -2.44. The predicted molar refractivity (Wildman–Crippen MR) is 160 cm³/mol. The molecule has 45 heavy (non-hydrogen) atoms. The first-order valence-electron chi connectivity index (χ1n) is 14.1. The molecule has 0 unspecified atom stereocenters. The van der Waals surface area contributed by atoms with Gasteiger partial charge in [0.2, 0.25) is 11.8 Å². The normalized spacial score (nSPS) is 17.6. The average molecular weight is 635 g/mol. The number of alkyl halides is 1. The van der Waals surface area contributed by atoms with Gasteiger partial charge in [0.1, 0.15) is 24.3 Å². The number of carbonyl (C=O) groups is 3. The summed E-state index contributed by atoms with van der Waals surface area (Å²) in [4.78, 5) is 47.7. The zero-order valence-electron chi connectivity index (χ0n) is 23.8. The molecule has 1 saturated heterocycles. The average Bonchev–Trinajstić information content (AvgIpc) is 3.83. The Morgan fingerprint density at radius 2 is 1.96 bits per heavy atom. The number of amides is 2. The summed E-state index contributed by atoms with van der Waals surface area (Å²) in [6.07, 6.45) is -0.257. The van der Waals surface area contributed by atoms with Crippen LogP contribution >= 0.6 is 11.6 Å². The number of H-pyrrole nitrogens is 1. The van der Waals surface area contributed by atoms with E-state index in [9.17, 15) is 18.8 Å². The number of aromatic nitrogens is 4. The number of carbonyl (C=O) groups excluding carboxylic acids is 3. The van der Waals surface area contributed by atoms with Crippen LogP contribution in [0.25, 0.3) is 33.1 Å². The minimum absolute atomic E-state index is 0.0241. The monoisotopic (exact) mass is 634 g/mol. The number of methoxy groups -OCH3 is 1. The first-order chi connectivity index (χ1) is 21.7. The van der Waals surface area contributed by atoms with E-state index in [0.717, 1.165) is 16.0 Å². The van der Waals surface area contributed by atoms with Gasteiger partial charge in [-0.2, -0.15) is 5.10 Å². The molecule has 230 valence electrons. The molecule has 2 aliphatic heterocycles. The van der Waals surface area contributed by atoms with Crippen molar-refractivity contribution in [3.05, 3.63) is 76.5 Å². The Bertz CT molecular complexity index is 2030. The number of anilines is 1. The number of ether oxygens (including phenoxy) is 2. The van der Waals surface area contributed by atoms with E-state index in [-0.39, 0.29) is 41.5 Å². The zero-order chi connectivity index (χ0) is 31.4. The summed E-state index contributed by atoms with van der Waals surface area (Å²) >= 11 is 6.52. The molecule has 0 aliphatic carbocycles. The predicted octanol–water partition coefficient (Wildman–Crippen LogP) is 4.77. The standard InChI is InChI=1S/C31H25ClF2N6O5/c1-44-31(43)28-20-7-15-12-45-13-16(15)8-23(20)40(38-28)11-25(41)39-10-17(33)9-24(39)30(42)37-21-4-2-3-19(27(21)34)18-5-6-22-29(26(18)32)36-14-35-22/h2-8,14,17,24H,9-13H2,1H3,(H,35,36)(H,37,42)/t17-,24+/m1/s1. The van der Waals surface area contributed by atoms with Gasteiger partial charge in [-0.3, -0.25) is 14.3 Å². The molecule has 11 nitrogen and oxygen atoms in total. The molecular weight excluding hydrogens is 610 g/mol. The van der Waals surface area contributed by atoms with Crippen LogP contribution in [0.2, 0.25) is 5.02 Å². The number of rotatable bonds is 6. The Morgan fingerprint density at radius 1 is 1.16 bits per heavy atom. The van der Waals surface area contributed by atoms with E-state index < -0.39 is 35.8 Å². The molecule has 7 rings (SSSR count). The molecule has 2 atom stereocenters. The van der Waals surface area contributed by atoms with Crippen LogP contribution in [0, 0.1) is 5.82 Å². The number of halogens is 3. The van der Waals surface area contributed by atoms with E-state index >= 15 is 4.39 Å². The highest BCUT2D eigenvalue weighted by molar-refractivity contribution is 6.37. The van der Waals surface area contributed by atoms with E-state index in [2.05, 4.69) is 20.4 Å². The van der Waals surface area contributed by atoms with Crippen molar-refractivity contribution in [3.63, 3.8) is 0 Å². The highest BCUT2D eigenvalue weighted by Gasteiger charge is 2.40. The third-order valence-corrected chi connectivity index (χ3v) is 8.58. The minimum Gasteiger partial charge on any atom is -0.464 e. The molecule has 0 saturated carbocycles. The molecule has 0 bridgehead atoms. The van der Waals surface area contributed by atoms with Crippen LogP contribution in [0.15, 0.2) is 48.8 Å².